The second-order valence-electron chi connectivity index (χ2n) is 7.86. The molecule has 0 spiro atoms. The molecular formula is C26H32O4. The minimum Gasteiger partial charge on any atom is -0.489 e. The van der Waals surface area contributed by atoms with Crippen molar-refractivity contribution in [1.82, 2.24) is 0 Å². The van der Waals surface area contributed by atoms with Crippen molar-refractivity contribution in [2.75, 3.05) is 13.7 Å². The van der Waals surface area contributed by atoms with Crippen LogP contribution in [0.15, 0.2) is 59.9 Å². The Balaban J connectivity index is 1.57. The van der Waals surface area contributed by atoms with Gasteiger partial charge in [0, 0.05) is 18.4 Å². The van der Waals surface area contributed by atoms with Gasteiger partial charge in [-0.1, -0.05) is 36.2 Å². The van der Waals surface area contributed by atoms with Gasteiger partial charge in [-0.15, -0.1) is 0 Å². The third-order valence-corrected chi connectivity index (χ3v) is 5.45. The molecule has 4 nitrogen and oxygen atoms in total. The van der Waals surface area contributed by atoms with Gasteiger partial charge in [0.15, 0.2) is 0 Å². The molecule has 0 radical (unpaired) electrons. The maximum atomic E-state index is 11.2. The molecule has 30 heavy (non-hydrogen) atoms. The summed E-state index contributed by atoms with van der Waals surface area (Å²) < 4.78 is 17.0. The molecule has 0 atom stereocenters. The fourth-order valence-corrected chi connectivity index (χ4v) is 3.60. The third-order valence-electron chi connectivity index (χ3n) is 5.45. The Morgan fingerprint density at radius 1 is 0.900 bits per heavy atom. The Kier molecular flexibility index (Phi) is 8.37. The van der Waals surface area contributed by atoms with Crippen LogP contribution in [-0.2, 0) is 16.0 Å². The number of benzene rings is 2. The van der Waals surface area contributed by atoms with Crippen LogP contribution in [-0.4, -0.2) is 19.7 Å². The van der Waals surface area contributed by atoms with Gasteiger partial charge in [0.1, 0.15) is 23.9 Å². The Labute approximate surface area is 179 Å². The first-order chi connectivity index (χ1) is 14.6. The zero-order chi connectivity index (χ0) is 21.2. The van der Waals surface area contributed by atoms with Crippen LogP contribution < -0.4 is 9.47 Å². The standard InChI is InChI=1S/C26H32O4/c1-20-11-15-24(16-12-20)30-25-9-5-3-4-8-22(25)19-29-23-17-13-21(14-18-23)7-6-10-26(27)28-2/h11-18H,3-10,19H2,1-2H3. The molecule has 0 saturated heterocycles. The topological polar surface area (TPSA) is 44.8 Å². The van der Waals surface area contributed by atoms with Crippen molar-refractivity contribution in [3.8, 4) is 11.5 Å². The number of hydrogen-bond acceptors (Lipinski definition) is 4. The maximum absolute atomic E-state index is 11.2. The molecular weight excluding hydrogens is 376 g/mol. The van der Waals surface area contributed by atoms with Crippen LogP contribution in [0.25, 0.3) is 0 Å². The van der Waals surface area contributed by atoms with Gasteiger partial charge in [-0.2, -0.15) is 0 Å². The Morgan fingerprint density at radius 2 is 1.60 bits per heavy atom. The minimum absolute atomic E-state index is 0.157. The summed E-state index contributed by atoms with van der Waals surface area (Å²) in [6.45, 7) is 2.64. The molecule has 0 amide bonds. The zero-order valence-corrected chi connectivity index (χ0v) is 18.1. The molecule has 2 aromatic rings. The van der Waals surface area contributed by atoms with Crippen molar-refractivity contribution in [3.63, 3.8) is 0 Å². The second kappa shape index (κ2) is 11.4. The number of aryl methyl sites for hydroxylation is 2. The lowest BCUT2D eigenvalue weighted by atomic mass is 10.1. The van der Waals surface area contributed by atoms with E-state index in [2.05, 4.69) is 35.9 Å². The van der Waals surface area contributed by atoms with Crippen molar-refractivity contribution in [2.45, 2.75) is 58.3 Å². The molecule has 3 rings (SSSR count). The summed E-state index contributed by atoms with van der Waals surface area (Å²) in [4.78, 5) is 11.2. The van der Waals surface area contributed by atoms with E-state index in [1.165, 1.54) is 36.7 Å². The maximum Gasteiger partial charge on any atom is 0.305 e. The number of carbonyl (C=O) groups is 1. The fourth-order valence-electron chi connectivity index (χ4n) is 3.60. The molecule has 0 unspecified atom stereocenters. The summed E-state index contributed by atoms with van der Waals surface area (Å²) in [7, 11) is 1.43. The lowest BCUT2D eigenvalue weighted by molar-refractivity contribution is -0.140. The van der Waals surface area contributed by atoms with E-state index in [1.54, 1.807) is 0 Å². The molecule has 0 N–H and O–H groups in total. The van der Waals surface area contributed by atoms with Crippen LogP contribution in [0.2, 0.25) is 0 Å². The second-order valence-corrected chi connectivity index (χ2v) is 7.86. The van der Waals surface area contributed by atoms with E-state index in [-0.39, 0.29) is 5.97 Å². The van der Waals surface area contributed by atoms with Gasteiger partial charge in [0.2, 0.25) is 0 Å². The predicted molar refractivity (Wildman–Crippen MR) is 119 cm³/mol. The van der Waals surface area contributed by atoms with Crippen molar-refractivity contribution < 1.29 is 19.0 Å². The molecule has 160 valence electrons. The SMILES string of the molecule is COC(=O)CCCc1ccc(OCC2=C(Oc3ccc(C)cc3)CCCCC2)cc1. The zero-order valence-electron chi connectivity index (χ0n) is 18.1. The Bertz CT molecular complexity index is 834. The largest absolute Gasteiger partial charge is 0.489 e. The van der Waals surface area contributed by atoms with Gasteiger partial charge >= 0.3 is 5.97 Å². The first-order valence-electron chi connectivity index (χ1n) is 10.9. The fraction of sp³-hybridized carbons (Fsp3) is 0.423. The predicted octanol–water partition coefficient (Wildman–Crippen LogP) is 6.17. The van der Waals surface area contributed by atoms with Crippen molar-refractivity contribution >= 4 is 5.97 Å². The summed E-state index contributed by atoms with van der Waals surface area (Å²) in [5.41, 5.74) is 3.69. The number of methoxy groups -OCH3 is 1. The monoisotopic (exact) mass is 408 g/mol. The van der Waals surface area contributed by atoms with Gasteiger partial charge in [0.25, 0.3) is 0 Å². The summed E-state index contributed by atoms with van der Waals surface area (Å²) >= 11 is 0. The van der Waals surface area contributed by atoms with Gasteiger partial charge in [0.05, 0.1) is 7.11 Å². The minimum atomic E-state index is -0.157. The first kappa shape index (κ1) is 21.9. The molecule has 0 heterocycles. The molecule has 0 saturated carbocycles. The molecule has 4 heteroatoms. The number of ether oxygens (including phenoxy) is 3. The smallest absolute Gasteiger partial charge is 0.305 e. The highest BCUT2D eigenvalue weighted by Gasteiger charge is 2.14. The van der Waals surface area contributed by atoms with Gasteiger partial charge in [-0.3, -0.25) is 4.79 Å². The van der Waals surface area contributed by atoms with Crippen LogP contribution in [0.3, 0.4) is 0 Å². The van der Waals surface area contributed by atoms with E-state index in [9.17, 15) is 4.79 Å². The van der Waals surface area contributed by atoms with E-state index in [4.69, 9.17) is 9.47 Å². The average molecular weight is 409 g/mol. The summed E-state index contributed by atoms with van der Waals surface area (Å²) in [5, 5.41) is 0. The van der Waals surface area contributed by atoms with Crippen LogP contribution >= 0.6 is 0 Å². The summed E-state index contributed by atoms with van der Waals surface area (Å²) in [5.74, 6) is 2.66. The average Bonchev–Trinajstić information content (AvgIpc) is 2.99. The number of carbonyl (C=O) groups excluding carboxylic acids is 1. The first-order valence-corrected chi connectivity index (χ1v) is 10.9. The lowest BCUT2D eigenvalue weighted by Gasteiger charge is -2.15. The van der Waals surface area contributed by atoms with E-state index in [1.807, 2.05) is 24.3 Å². The van der Waals surface area contributed by atoms with Crippen LogP contribution in [0.4, 0.5) is 0 Å². The molecule has 0 bridgehead atoms. The number of rotatable bonds is 9. The Hall–Kier alpha value is -2.75. The van der Waals surface area contributed by atoms with Crippen molar-refractivity contribution in [2.24, 2.45) is 0 Å². The number of esters is 1. The molecule has 2 aromatic carbocycles. The normalized spacial score (nSPS) is 14.2. The van der Waals surface area contributed by atoms with Crippen LogP contribution in [0.5, 0.6) is 11.5 Å². The quantitative estimate of drug-likeness (QED) is 0.466. The molecule has 0 fully saturated rings. The summed E-state index contributed by atoms with van der Waals surface area (Å²) in [6.07, 6.45) is 7.65. The van der Waals surface area contributed by atoms with E-state index in [0.717, 1.165) is 49.4 Å². The highest BCUT2D eigenvalue weighted by atomic mass is 16.5. The highest BCUT2D eigenvalue weighted by Crippen LogP contribution is 2.27. The van der Waals surface area contributed by atoms with E-state index < -0.39 is 0 Å². The number of allylic oxidation sites excluding steroid dienone is 1. The molecule has 0 aliphatic heterocycles. The van der Waals surface area contributed by atoms with Crippen molar-refractivity contribution in [1.29, 1.82) is 0 Å². The van der Waals surface area contributed by atoms with Gasteiger partial charge in [-0.25, -0.2) is 0 Å². The third kappa shape index (κ3) is 6.94. The van der Waals surface area contributed by atoms with Gasteiger partial charge < -0.3 is 14.2 Å². The van der Waals surface area contributed by atoms with E-state index in [0.29, 0.717) is 13.0 Å². The van der Waals surface area contributed by atoms with Crippen LogP contribution in [0.1, 0.15) is 56.1 Å². The van der Waals surface area contributed by atoms with Crippen molar-refractivity contribution in [3.05, 3.63) is 71.0 Å². The van der Waals surface area contributed by atoms with E-state index >= 15 is 0 Å². The number of hydrogen-bond donors (Lipinski definition) is 0. The Morgan fingerprint density at radius 3 is 2.33 bits per heavy atom. The molecule has 1 aliphatic carbocycles. The highest BCUT2D eigenvalue weighted by molar-refractivity contribution is 5.69. The molecule has 0 aromatic heterocycles. The summed E-state index contributed by atoms with van der Waals surface area (Å²) in [6, 6.07) is 16.4. The molecule has 1 aliphatic rings. The van der Waals surface area contributed by atoms with Crippen LogP contribution in [0, 0.1) is 6.92 Å². The van der Waals surface area contributed by atoms with Gasteiger partial charge in [-0.05, 0) is 68.9 Å². The lowest BCUT2D eigenvalue weighted by Crippen LogP contribution is -2.08.